The van der Waals surface area contributed by atoms with Crippen molar-refractivity contribution in [3.63, 3.8) is 0 Å². The molecule has 0 aliphatic rings. The summed E-state index contributed by atoms with van der Waals surface area (Å²) >= 11 is 5.73. The highest BCUT2D eigenvalue weighted by Crippen LogP contribution is 2.18. The van der Waals surface area contributed by atoms with Gasteiger partial charge in [-0.3, -0.25) is 0 Å². The Balaban J connectivity index is 2.31. The van der Waals surface area contributed by atoms with Crippen LogP contribution in [0.5, 0.6) is 0 Å². The molecule has 4 nitrogen and oxygen atoms in total. The van der Waals surface area contributed by atoms with Crippen LogP contribution in [0.25, 0.3) is 0 Å². The van der Waals surface area contributed by atoms with Gasteiger partial charge in [-0.2, -0.15) is 0 Å². The van der Waals surface area contributed by atoms with Gasteiger partial charge in [0.15, 0.2) is 0 Å². The van der Waals surface area contributed by atoms with Crippen molar-refractivity contribution in [2.75, 3.05) is 30.8 Å². The highest BCUT2D eigenvalue weighted by Gasteiger charge is 2.00. The van der Waals surface area contributed by atoms with Gasteiger partial charge >= 0.3 is 0 Å². The number of pyridine rings is 1. The maximum absolute atomic E-state index is 5.73. The van der Waals surface area contributed by atoms with E-state index in [2.05, 4.69) is 10.3 Å². The second-order valence-corrected chi connectivity index (χ2v) is 3.51. The zero-order chi connectivity index (χ0) is 11.1. The Bertz CT molecular complexity index is 307. The zero-order valence-electron chi connectivity index (χ0n) is 8.79. The highest BCUT2D eigenvalue weighted by atomic mass is 35.5. The van der Waals surface area contributed by atoms with Crippen molar-refractivity contribution in [3.8, 4) is 0 Å². The molecule has 1 heterocycles. The van der Waals surface area contributed by atoms with Crippen molar-refractivity contribution in [2.24, 2.45) is 0 Å². The molecule has 0 spiro atoms. The fourth-order valence-electron chi connectivity index (χ4n) is 1.13. The molecule has 1 rings (SSSR count). The molecule has 0 atom stereocenters. The summed E-state index contributed by atoms with van der Waals surface area (Å²) < 4.78 is 5.21. The van der Waals surface area contributed by atoms with Gasteiger partial charge in [-0.15, -0.1) is 0 Å². The van der Waals surface area contributed by atoms with E-state index < -0.39 is 0 Å². The summed E-state index contributed by atoms with van der Waals surface area (Å²) in [5.74, 6) is 0.677. The average Bonchev–Trinajstić information content (AvgIpc) is 2.20. The van der Waals surface area contributed by atoms with Gasteiger partial charge in [0, 0.05) is 26.0 Å². The summed E-state index contributed by atoms with van der Waals surface area (Å²) in [5, 5.41) is 3.67. The number of anilines is 2. The molecule has 0 aliphatic heterocycles. The van der Waals surface area contributed by atoms with Crippen LogP contribution in [0.4, 0.5) is 11.5 Å². The maximum Gasteiger partial charge on any atom is 0.149 e. The van der Waals surface area contributed by atoms with Crippen molar-refractivity contribution in [2.45, 2.75) is 13.3 Å². The Hall–Kier alpha value is -1.00. The molecule has 1 aromatic heterocycles. The average molecular weight is 230 g/mol. The topological polar surface area (TPSA) is 60.2 Å². The van der Waals surface area contributed by atoms with Crippen molar-refractivity contribution in [1.82, 2.24) is 4.98 Å². The first kappa shape index (κ1) is 12.1. The Morgan fingerprint density at radius 1 is 1.60 bits per heavy atom. The predicted octanol–water partition coefficient (Wildman–Crippen LogP) is 2.16. The highest BCUT2D eigenvalue weighted by molar-refractivity contribution is 6.30. The van der Waals surface area contributed by atoms with Gasteiger partial charge in [-0.1, -0.05) is 11.6 Å². The third-order valence-corrected chi connectivity index (χ3v) is 2.05. The van der Waals surface area contributed by atoms with E-state index >= 15 is 0 Å². The molecule has 0 saturated heterocycles. The van der Waals surface area contributed by atoms with Crippen LogP contribution in [0.3, 0.4) is 0 Å². The van der Waals surface area contributed by atoms with Gasteiger partial charge in [0.25, 0.3) is 0 Å². The van der Waals surface area contributed by atoms with Crippen LogP contribution >= 0.6 is 11.6 Å². The van der Waals surface area contributed by atoms with Crippen molar-refractivity contribution in [1.29, 1.82) is 0 Å². The van der Waals surface area contributed by atoms with Crippen LogP contribution in [-0.2, 0) is 4.74 Å². The van der Waals surface area contributed by atoms with Crippen molar-refractivity contribution in [3.05, 3.63) is 17.3 Å². The van der Waals surface area contributed by atoms with Crippen LogP contribution in [0.15, 0.2) is 12.3 Å². The van der Waals surface area contributed by atoms with E-state index in [0.29, 0.717) is 16.5 Å². The second-order valence-electron chi connectivity index (χ2n) is 3.07. The van der Waals surface area contributed by atoms with Crippen LogP contribution in [0, 0.1) is 0 Å². The van der Waals surface area contributed by atoms with E-state index in [4.69, 9.17) is 22.1 Å². The number of ether oxygens (including phenoxy) is 1. The lowest BCUT2D eigenvalue weighted by Gasteiger charge is -2.08. The second kappa shape index (κ2) is 6.48. The lowest BCUT2D eigenvalue weighted by atomic mass is 10.3. The maximum atomic E-state index is 5.73. The van der Waals surface area contributed by atoms with Crippen molar-refractivity contribution < 1.29 is 4.74 Å². The monoisotopic (exact) mass is 229 g/mol. The number of nitrogens with zero attached hydrogens (tertiary/aromatic N) is 1. The van der Waals surface area contributed by atoms with E-state index in [0.717, 1.165) is 26.2 Å². The Morgan fingerprint density at radius 2 is 2.40 bits per heavy atom. The molecule has 0 radical (unpaired) electrons. The summed E-state index contributed by atoms with van der Waals surface area (Å²) in [7, 11) is 0. The molecular formula is C10H16ClN3O. The molecule has 0 saturated carbocycles. The minimum Gasteiger partial charge on any atom is -0.396 e. The van der Waals surface area contributed by atoms with Crippen LogP contribution in [0.2, 0.25) is 5.02 Å². The van der Waals surface area contributed by atoms with E-state index in [-0.39, 0.29) is 0 Å². The van der Waals surface area contributed by atoms with Gasteiger partial charge in [0.1, 0.15) is 5.82 Å². The normalized spacial score (nSPS) is 10.3. The Labute approximate surface area is 94.8 Å². The van der Waals surface area contributed by atoms with Gasteiger partial charge in [0.2, 0.25) is 0 Å². The molecule has 15 heavy (non-hydrogen) atoms. The number of hydrogen-bond donors (Lipinski definition) is 2. The summed E-state index contributed by atoms with van der Waals surface area (Å²) in [6, 6.07) is 1.68. The molecule has 84 valence electrons. The lowest BCUT2D eigenvalue weighted by molar-refractivity contribution is 0.147. The molecule has 0 unspecified atom stereocenters. The molecule has 0 aromatic carbocycles. The molecule has 3 N–H and O–H groups in total. The summed E-state index contributed by atoms with van der Waals surface area (Å²) in [4.78, 5) is 4.09. The number of rotatable bonds is 6. The van der Waals surface area contributed by atoms with E-state index in [1.807, 2.05) is 6.92 Å². The molecular weight excluding hydrogens is 214 g/mol. The smallest absolute Gasteiger partial charge is 0.149 e. The first-order valence-electron chi connectivity index (χ1n) is 4.96. The number of nitrogens with two attached hydrogens (primary N) is 1. The minimum absolute atomic E-state index is 0.548. The molecule has 0 amide bonds. The standard InChI is InChI=1S/C10H16ClN3O/c1-2-15-5-3-4-13-10-9(12)6-8(11)7-14-10/h6-7H,2-5,12H2,1H3,(H,13,14). The van der Waals surface area contributed by atoms with Gasteiger partial charge in [-0.25, -0.2) is 4.98 Å². The van der Waals surface area contributed by atoms with E-state index in [9.17, 15) is 0 Å². The third kappa shape index (κ3) is 4.36. The SMILES string of the molecule is CCOCCCNc1ncc(Cl)cc1N. The summed E-state index contributed by atoms with van der Waals surface area (Å²) in [6.45, 7) is 4.27. The van der Waals surface area contributed by atoms with Gasteiger partial charge in [0.05, 0.1) is 10.7 Å². The zero-order valence-corrected chi connectivity index (χ0v) is 9.55. The van der Waals surface area contributed by atoms with Crippen molar-refractivity contribution >= 4 is 23.1 Å². The largest absolute Gasteiger partial charge is 0.396 e. The minimum atomic E-state index is 0.548. The number of aromatic nitrogens is 1. The summed E-state index contributed by atoms with van der Waals surface area (Å²) in [5.41, 5.74) is 6.29. The van der Waals surface area contributed by atoms with Gasteiger partial charge in [-0.05, 0) is 19.4 Å². The number of hydrogen-bond acceptors (Lipinski definition) is 4. The molecule has 0 fully saturated rings. The van der Waals surface area contributed by atoms with E-state index in [1.165, 1.54) is 0 Å². The Kier molecular flexibility index (Phi) is 5.21. The molecule has 5 heteroatoms. The number of nitrogens with one attached hydrogen (secondary N) is 1. The van der Waals surface area contributed by atoms with Crippen LogP contribution in [0.1, 0.15) is 13.3 Å². The Morgan fingerprint density at radius 3 is 3.07 bits per heavy atom. The van der Waals surface area contributed by atoms with E-state index in [1.54, 1.807) is 12.3 Å². The first-order valence-corrected chi connectivity index (χ1v) is 5.34. The molecule has 0 bridgehead atoms. The first-order chi connectivity index (χ1) is 7.24. The van der Waals surface area contributed by atoms with Crippen LogP contribution < -0.4 is 11.1 Å². The fourth-order valence-corrected chi connectivity index (χ4v) is 1.29. The molecule has 0 aliphatic carbocycles. The molecule has 1 aromatic rings. The lowest BCUT2D eigenvalue weighted by Crippen LogP contribution is -2.08. The van der Waals surface area contributed by atoms with Gasteiger partial charge < -0.3 is 15.8 Å². The third-order valence-electron chi connectivity index (χ3n) is 1.85. The number of halogens is 1. The summed E-state index contributed by atoms with van der Waals surface area (Å²) in [6.07, 6.45) is 2.50. The van der Waals surface area contributed by atoms with Crippen LogP contribution in [-0.4, -0.2) is 24.7 Å². The predicted molar refractivity (Wildman–Crippen MR) is 63.3 cm³/mol. The quantitative estimate of drug-likeness (QED) is 0.734. The fraction of sp³-hybridized carbons (Fsp3) is 0.500. The number of nitrogen functional groups attached to an aromatic ring is 1.